The molecular formula is C13H13BrN4O. The summed E-state index contributed by atoms with van der Waals surface area (Å²) in [6.45, 7) is 1.43. The maximum Gasteiger partial charge on any atom is 0.222 e. The van der Waals surface area contributed by atoms with Crippen molar-refractivity contribution < 1.29 is 4.79 Å². The van der Waals surface area contributed by atoms with Crippen LogP contribution in [0.1, 0.15) is 6.42 Å². The SMILES string of the molecule is NC(=O)[C@@H]1CCN(c2ncnc3c(Br)cccc23)C1. The number of rotatable bonds is 2. The van der Waals surface area contributed by atoms with Crippen molar-refractivity contribution in [3.63, 3.8) is 0 Å². The summed E-state index contributed by atoms with van der Waals surface area (Å²) in [5.41, 5.74) is 6.25. The van der Waals surface area contributed by atoms with E-state index in [-0.39, 0.29) is 11.8 Å². The van der Waals surface area contributed by atoms with Gasteiger partial charge in [0.15, 0.2) is 0 Å². The highest BCUT2D eigenvalue weighted by molar-refractivity contribution is 9.10. The maximum atomic E-state index is 11.3. The van der Waals surface area contributed by atoms with Gasteiger partial charge in [-0.2, -0.15) is 0 Å². The largest absolute Gasteiger partial charge is 0.369 e. The van der Waals surface area contributed by atoms with Crippen molar-refractivity contribution in [3.8, 4) is 0 Å². The first kappa shape index (κ1) is 12.3. The number of carbonyl (C=O) groups excluding carboxylic acids is 1. The molecule has 1 aliphatic heterocycles. The van der Waals surface area contributed by atoms with Crippen LogP contribution in [0.25, 0.3) is 10.9 Å². The number of para-hydroxylation sites is 1. The molecule has 1 aromatic heterocycles. The van der Waals surface area contributed by atoms with Gasteiger partial charge in [0, 0.05) is 22.9 Å². The molecule has 1 saturated heterocycles. The van der Waals surface area contributed by atoms with Crippen LogP contribution in [-0.2, 0) is 4.79 Å². The van der Waals surface area contributed by atoms with E-state index in [2.05, 4.69) is 30.8 Å². The van der Waals surface area contributed by atoms with E-state index in [0.717, 1.165) is 34.2 Å². The van der Waals surface area contributed by atoms with E-state index in [1.807, 2.05) is 18.2 Å². The standard InChI is InChI=1S/C13H13BrN4O/c14-10-3-1-2-9-11(10)16-7-17-13(9)18-5-4-8(6-18)12(15)19/h1-3,7-8H,4-6H2,(H2,15,19)/t8-/m1/s1. The van der Waals surface area contributed by atoms with Gasteiger partial charge in [0.25, 0.3) is 0 Å². The van der Waals surface area contributed by atoms with Gasteiger partial charge < -0.3 is 10.6 Å². The van der Waals surface area contributed by atoms with E-state index in [1.165, 1.54) is 0 Å². The number of hydrogen-bond acceptors (Lipinski definition) is 4. The van der Waals surface area contributed by atoms with Crippen molar-refractivity contribution in [2.75, 3.05) is 18.0 Å². The first-order valence-corrected chi connectivity index (χ1v) is 6.89. The molecule has 1 fully saturated rings. The van der Waals surface area contributed by atoms with Crippen LogP contribution in [0, 0.1) is 5.92 Å². The number of fused-ring (bicyclic) bond motifs is 1. The normalized spacial score (nSPS) is 19.0. The van der Waals surface area contributed by atoms with Gasteiger partial charge in [-0.3, -0.25) is 4.79 Å². The number of hydrogen-bond donors (Lipinski definition) is 1. The molecule has 2 aromatic rings. The van der Waals surface area contributed by atoms with Crippen molar-refractivity contribution in [1.82, 2.24) is 9.97 Å². The van der Waals surface area contributed by atoms with Crippen molar-refractivity contribution in [1.29, 1.82) is 0 Å². The van der Waals surface area contributed by atoms with Crippen LogP contribution in [0.2, 0.25) is 0 Å². The topological polar surface area (TPSA) is 72.1 Å². The Kier molecular flexibility index (Phi) is 3.10. The third kappa shape index (κ3) is 2.16. The predicted molar refractivity (Wildman–Crippen MR) is 76.8 cm³/mol. The minimum Gasteiger partial charge on any atom is -0.369 e. The Morgan fingerprint density at radius 1 is 1.42 bits per heavy atom. The van der Waals surface area contributed by atoms with E-state index >= 15 is 0 Å². The molecule has 1 amide bonds. The summed E-state index contributed by atoms with van der Waals surface area (Å²) in [4.78, 5) is 22.0. The van der Waals surface area contributed by atoms with E-state index < -0.39 is 0 Å². The average molecular weight is 321 g/mol. The van der Waals surface area contributed by atoms with E-state index in [0.29, 0.717) is 6.54 Å². The maximum absolute atomic E-state index is 11.3. The Morgan fingerprint density at radius 2 is 2.26 bits per heavy atom. The Labute approximate surface area is 119 Å². The molecule has 0 bridgehead atoms. The fourth-order valence-corrected chi connectivity index (χ4v) is 2.94. The average Bonchev–Trinajstić information content (AvgIpc) is 2.88. The van der Waals surface area contributed by atoms with Crippen molar-refractivity contribution in [3.05, 3.63) is 29.0 Å². The van der Waals surface area contributed by atoms with Gasteiger partial charge in [-0.15, -0.1) is 0 Å². The molecule has 1 atom stereocenters. The second-order valence-corrected chi connectivity index (χ2v) is 5.52. The Bertz CT molecular complexity index is 646. The number of nitrogens with zero attached hydrogens (tertiary/aromatic N) is 3. The third-order valence-electron chi connectivity index (χ3n) is 3.48. The minimum absolute atomic E-state index is 0.0860. The van der Waals surface area contributed by atoms with Crippen LogP contribution in [0.15, 0.2) is 29.0 Å². The molecule has 0 unspecified atom stereocenters. The molecule has 19 heavy (non-hydrogen) atoms. The zero-order chi connectivity index (χ0) is 13.4. The van der Waals surface area contributed by atoms with Gasteiger partial charge in [-0.25, -0.2) is 9.97 Å². The number of carbonyl (C=O) groups is 1. The first-order valence-electron chi connectivity index (χ1n) is 6.10. The Balaban J connectivity index is 2.02. The van der Waals surface area contributed by atoms with Gasteiger partial charge in [0.1, 0.15) is 12.1 Å². The van der Waals surface area contributed by atoms with Crippen LogP contribution < -0.4 is 10.6 Å². The summed E-state index contributed by atoms with van der Waals surface area (Å²) in [5.74, 6) is 0.550. The molecule has 0 saturated carbocycles. The molecule has 6 heteroatoms. The zero-order valence-electron chi connectivity index (χ0n) is 10.2. The summed E-state index contributed by atoms with van der Waals surface area (Å²) in [6, 6.07) is 5.91. The lowest BCUT2D eigenvalue weighted by atomic mass is 10.1. The summed E-state index contributed by atoms with van der Waals surface area (Å²) in [7, 11) is 0. The number of nitrogens with two attached hydrogens (primary N) is 1. The highest BCUT2D eigenvalue weighted by atomic mass is 79.9. The van der Waals surface area contributed by atoms with E-state index in [9.17, 15) is 4.79 Å². The highest BCUT2D eigenvalue weighted by Gasteiger charge is 2.28. The molecule has 98 valence electrons. The van der Waals surface area contributed by atoms with Crippen molar-refractivity contribution in [2.24, 2.45) is 11.7 Å². The van der Waals surface area contributed by atoms with Crippen LogP contribution in [0.3, 0.4) is 0 Å². The minimum atomic E-state index is -0.234. The number of primary amides is 1. The number of amides is 1. The molecular weight excluding hydrogens is 308 g/mol. The molecule has 2 N–H and O–H groups in total. The quantitative estimate of drug-likeness (QED) is 0.914. The molecule has 3 rings (SSSR count). The summed E-state index contributed by atoms with van der Waals surface area (Å²) in [5, 5.41) is 0.988. The Morgan fingerprint density at radius 3 is 3.00 bits per heavy atom. The number of aromatic nitrogens is 2. The second-order valence-electron chi connectivity index (χ2n) is 4.67. The van der Waals surface area contributed by atoms with Crippen LogP contribution in [0.4, 0.5) is 5.82 Å². The van der Waals surface area contributed by atoms with Crippen LogP contribution >= 0.6 is 15.9 Å². The molecule has 5 nitrogen and oxygen atoms in total. The first-order chi connectivity index (χ1) is 9.16. The molecule has 1 aromatic carbocycles. The molecule has 0 radical (unpaired) electrons. The zero-order valence-corrected chi connectivity index (χ0v) is 11.8. The lowest BCUT2D eigenvalue weighted by Crippen LogP contribution is -2.27. The number of anilines is 1. The lowest BCUT2D eigenvalue weighted by Gasteiger charge is -2.18. The molecule has 2 heterocycles. The molecule has 0 spiro atoms. The van der Waals surface area contributed by atoms with Crippen molar-refractivity contribution >= 4 is 38.6 Å². The number of benzene rings is 1. The summed E-state index contributed by atoms with van der Waals surface area (Å²) < 4.78 is 0.944. The van der Waals surface area contributed by atoms with Gasteiger partial charge in [0.2, 0.25) is 5.91 Å². The highest BCUT2D eigenvalue weighted by Crippen LogP contribution is 2.30. The second kappa shape index (κ2) is 4.77. The van der Waals surface area contributed by atoms with Gasteiger partial charge in [-0.1, -0.05) is 6.07 Å². The predicted octanol–water partition coefficient (Wildman–Crippen LogP) is 1.70. The van der Waals surface area contributed by atoms with E-state index in [1.54, 1.807) is 6.33 Å². The smallest absolute Gasteiger partial charge is 0.222 e. The fourth-order valence-electron chi connectivity index (χ4n) is 2.47. The van der Waals surface area contributed by atoms with E-state index in [4.69, 9.17) is 5.73 Å². The molecule has 0 aliphatic carbocycles. The fraction of sp³-hybridized carbons (Fsp3) is 0.308. The van der Waals surface area contributed by atoms with Gasteiger partial charge in [-0.05, 0) is 34.5 Å². The summed E-state index contributed by atoms with van der Waals surface area (Å²) in [6.07, 6.45) is 2.34. The van der Waals surface area contributed by atoms with Gasteiger partial charge in [0.05, 0.1) is 11.4 Å². The van der Waals surface area contributed by atoms with Crippen molar-refractivity contribution in [2.45, 2.75) is 6.42 Å². The Hall–Kier alpha value is -1.69. The van der Waals surface area contributed by atoms with Crippen LogP contribution in [0.5, 0.6) is 0 Å². The lowest BCUT2D eigenvalue weighted by molar-refractivity contribution is -0.121. The molecule has 1 aliphatic rings. The number of halogens is 1. The van der Waals surface area contributed by atoms with Crippen LogP contribution in [-0.4, -0.2) is 29.0 Å². The third-order valence-corrected chi connectivity index (χ3v) is 4.12. The summed E-state index contributed by atoms with van der Waals surface area (Å²) >= 11 is 3.49. The monoisotopic (exact) mass is 320 g/mol. The van der Waals surface area contributed by atoms with Gasteiger partial charge >= 0.3 is 0 Å².